The van der Waals surface area contributed by atoms with Crippen LogP contribution in [0.25, 0.3) is 44.5 Å². The van der Waals surface area contributed by atoms with Crippen LogP contribution in [0.1, 0.15) is 25.0 Å². The number of hydrogen-bond acceptors (Lipinski definition) is 4. The van der Waals surface area contributed by atoms with Crippen LogP contribution in [0.5, 0.6) is 23.0 Å². The van der Waals surface area contributed by atoms with Crippen molar-refractivity contribution in [2.45, 2.75) is 13.8 Å². The lowest BCUT2D eigenvalue weighted by atomic mass is 9.85. The largest absolute Gasteiger partial charge is 0.625 e. The summed E-state index contributed by atoms with van der Waals surface area (Å²) >= 11 is 0. The summed E-state index contributed by atoms with van der Waals surface area (Å²) < 4.78 is 23.7. The highest BCUT2D eigenvalue weighted by Crippen LogP contribution is 2.39. The van der Waals surface area contributed by atoms with E-state index in [1.54, 1.807) is 0 Å². The number of para-hydroxylation sites is 4. The second kappa shape index (κ2) is 10.0. The van der Waals surface area contributed by atoms with Gasteiger partial charge in [0, 0.05) is 0 Å². The van der Waals surface area contributed by atoms with Gasteiger partial charge in [0.1, 0.15) is 23.0 Å². The van der Waals surface area contributed by atoms with Gasteiger partial charge < -0.3 is 18.6 Å². The normalized spacial score (nSPS) is 13.8. The minimum Gasteiger partial charge on any atom is -0.520 e. The van der Waals surface area contributed by atoms with Crippen molar-refractivity contribution in [2.75, 3.05) is 0 Å². The van der Waals surface area contributed by atoms with Crippen molar-refractivity contribution in [2.24, 2.45) is 0 Å². The standard InChI is InChI=1S/C32H20B2O4.C2H6/c1-2-6-28-27(5-1)35-33(36-28)19-17-21-9-11-23-14-16-26-22(10-12-24-13-15-25(21)31(23)32(24)26)18-20-34-37-29-7-3-4-8-30(29)38-34;1-2/h1-20H;1-2H3/b19-17+,20-18+;. The molecule has 0 spiro atoms. The zero-order valence-electron chi connectivity index (χ0n) is 22.3. The average molecular weight is 520 g/mol. The molecule has 6 aromatic carbocycles. The Morgan fingerprint density at radius 2 is 0.800 bits per heavy atom. The van der Waals surface area contributed by atoms with Crippen molar-refractivity contribution in [3.05, 3.63) is 120 Å². The van der Waals surface area contributed by atoms with E-state index >= 15 is 0 Å². The maximum Gasteiger partial charge on any atom is 0.625 e. The molecule has 0 bridgehead atoms. The average Bonchev–Trinajstić information content (AvgIpc) is 3.63. The summed E-state index contributed by atoms with van der Waals surface area (Å²) in [6.07, 6.45) is 4.19. The third-order valence-corrected chi connectivity index (χ3v) is 7.27. The van der Waals surface area contributed by atoms with Crippen molar-refractivity contribution < 1.29 is 18.6 Å². The Morgan fingerprint density at radius 3 is 1.18 bits per heavy atom. The van der Waals surface area contributed by atoms with Gasteiger partial charge in [-0.05, 0) is 79.7 Å². The molecular weight excluding hydrogens is 494 g/mol. The van der Waals surface area contributed by atoms with Crippen molar-refractivity contribution in [3.63, 3.8) is 0 Å². The molecule has 6 heteroatoms. The van der Waals surface area contributed by atoms with Crippen LogP contribution < -0.4 is 18.6 Å². The zero-order valence-corrected chi connectivity index (χ0v) is 22.3. The quantitative estimate of drug-likeness (QED) is 0.172. The summed E-state index contributed by atoms with van der Waals surface area (Å²) in [6, 6.07) is 33.0. The van der Waals surface area contributed by atoms with Crippen LogP contribution >= 0.6 is 0 Å². The van der Waals surface area contributed by atoms with Gasteiger partial charge >= 0.3 is 14.2 Å². The third-order valence-electron chi connectivity index (χ3n) is 7.27. The molecule has 4 nitrogen and oxygen atoms in total. The highest BCUT2D eigenvalue weighted by molar-refractivity contribution is 6.55. The van der Waals surface area contributed by atoms with Gasteiger partial charge in [-0.3, -0.25) is 0 Å². The van der Waals surface area contributed by atoms with E-state index in [4.69, 9.17) is 18.6 Å². The Morgan fingerprint density at radius 1 is 0.450 bits per heavy atom. The molecule has 0 unspecified atom stereocenters. The van der Waals surface area contributed by atoms with E-state index in [2.05, 4.69) is 60.7 Å². The third kappa shape index (κ3) is 4.13. The first-order valence-corrected chi connectivity index (χ1v) is 13.7. The smallest absolute Gasteiger partial charge is 0.520 e. The van der Waals surface area contributed by atoms with Gasteiger partial charge in [0.05, 0.1) is 0 Å². The molecule has 192 valence electrons. The van der Waals surface area contributed by atoms with Crippen LogP contribution in [-0.2, 0) is 0 Å². The van der Waals surface area contributed by atoms with Crippen molar-refractivity contribution in [1.82, 2.24) is 0 Å². The van der Waals surface area contributed by atoms with Gasteiger partial charge in [-0.1, -0.05) is 98.8 Å². The summed E-state index contributed by atoms with van der Waals surface area (Å²) in [6.45, 7) is 4.00. The molecule has 0 atom stereocenters. The molecule has 0 amide bonds. The van der Waals surface area contributed by atoms with Crippen molar-refractivity contribution in [3.8, 4) is 23.0 Å². The van der Waals surface area contributed by atoms with E-state index in [0.717, 1.165) is 34.1 Å². The molecule has 0 radical (unpaired) electrons. The van der Waals surface area contributed by atoms with E-state index in [0.29, 0.717) is 0 Å². The summed E-state index contributed by atoms with van der Waals surface area (Å²) in [5.74, 6) is 7.04. The SMILES string of the molecule is C(=C\c1ccc2ccc3c(/C=C/B4Oc5ccccc5O4)ccc4ccc1c2c43)/B1Oc2ccccc2O1.CC. The number of rotatable bonds is 4. The summed E-state index contributed by atoms with van der Waals surface area (Å²) in [5.41, 5.74) is 2.25. The minimum atomic E-state index is -0.436. The highest BCUT2D eigenvalue weighted by atomic mass is 16.6. The van der Waals surface area contributed by atoms with Gasteiger partial charge in [0.2, 0.25) is 0 Å². The van der Waals surface area contributed by atoms with Gasteiger partial charge in [0.25, 0.3) is 0 Å². The topological polar surface area (TPSA) is 36.9 Å². The molecule has 6 aromatic rings. The molecule has 8 rings (SSSR count). The Hall–Kier alpha value is -4.83. The molecule has 2 heterocycles. The fraction of sp³-hybridized carbons (Fsp3) is 0.0588. The molecule has 0 N–H and O–H groups in total. The number of fused-ring (bicyclic) bond motifs is 2. The second-order valence-corrected chi connectivity index (χ2v) is 9.55. The fourth-order valence-electron chi connectivity index (χ4n) is 5.50. The number of hydrogen-bond donors (Lipinski definition) is 0. The molecule has 0 fully saturated rings. The summed E-state index contributed by atoms with van der Waals surface area (Å²) in [4.78, 5) is 0. The van der Waals surface area contributed by atoms with E-state index in [9.17, 15) is 0 Å². The van der Waals surface area contributed by atoms with E-state index in [1.165, 1.54) is 32.3 Å². The minimum absolute atomic E-state index is 0.436. The first kappa shape index (κ1) is 24.2. The molecule has 0 saturated heterocycles. The molecule has 0 saturated carbocycles. The molecular formula is C34H26B2O4. The van der Waals surface area contributed by atoms with Crippen LogP contribution in [0.4, 0.5) is 0 Å². The second-order valence-electron chi connectivity index (χ2n) is 9.55. The Bertz CT molecular complexity index is 1720. The fourth-order valence-corrected chi connectivity index (χ4v) is 5.50. The monoisotopic (exact) mass is 520 g/mol. The van der Waals surface area contributed by atoms with E-state index in [-0.39, 0.29) is 0 Å². The number of benzene rings is 6. The van der Waals surface area contributed by atoms with Gasteiger partial charge in [-0.2, -0.15) is 0 Å². The lowest BCUT2D eigenvalue weighted by molar-refractivity contribution is 0.517. The lowest BCUT2D eigenvalue weighted by Crippen LogP contribution is -2.21. The predicted molar refractivity (Wildman–Crippen MR) is 166 cm³/mol. The van der Waals surface area contributed by atoms with Gasteiger partial charge in [-0.25, -0.2) is 0 Å². The van der Waals surface area contributed by atoms with Gasteiger partial charge in [-0.15, -0.1) is 0 Å². The Labute approximate surface area is 234 Å². The predicted octanol–water partition coefficient (Wildman–Crippen LogP) is 8.63. The summed E-state index contributed by atoms with van der Waals surface area (Å²) in [5, 5.41) is 7.35. The van der Waals surface area contributed by atoms with Crippen LogP contribution in [0.3, 0.4) is 0 Å². The molecule has 0 aromatic heterocycles. The maximum absolute atomic E-state index is 5.92. The lowest BCUT2D eigenvalue weighted by Gasteiger charge is -2.14. The van der Waals surface area contributed by atoms with Crippen LogP contribution in [0.15, 0.2) is 109 Å². The van der Waals surface area contributed by atoms with Crippen molar-refractivity contribution in [1.29, 1.82) is 0 Å². The van der Waals surface area contributed by atoms with Crippen LogP contribution in [0.2, 0.25) is 0 Å². The highest BCUT2D eigenvalue weighted by Gasteiger charge is 2.29. The van der Waals surface area contributed by atoms with Crippen LogP contribution in [0, 0.1) is 0 Å². The Balaban J connectivity index is 0.00000130. The first-order chi connectivity index (χ1) is 19.8. The van der Waals surface area contributed by atoms with E-state index in [1.807, 2.05) is 74.3 Å². The molecule has 2 aliphatic rings. The van der Waals surface area contributed by atoms with Crippen LogP contribution in [-0.4, -0.2) is 14.2 Å². The summed E-state index contributed by atoms with van der Waals surface area (Å²) in [7, 11) is -0.873. The van der Waals surface area contributed by atoms with Gasteiger partial charge in [0.15, 0.2) is 0 Å². The maximum atomic E-state index is 5.92. The Kier molecular flexibility index (Phi) is 6.09. The zero-order chi connectivity index (χ0) is 27.1. The first-order valence-electron chi connectivity index (χ1n) is 13.7. The van der Waals surface area contributed by atoms with Crippen molar-refractivity contribution >= 4 is 58.7 Å². The molecule has 2 aliphatic heterocycles. The molecule has 40 heavy (non-hydrogen) atoms. The van der Waals surface area contributed by atoms with E-state index < -0.39 is 14.2 Å². The molecule has 0 aliphatic carbocycles.